The second-order valence-corrected chi connectivity index (χ2v) is 6.17. The molecule has 0 bridgehead atoms. The topological polar surface area (TPSA) is 33.3 Å². The van der Waals surface area contributed by atoms with Crippen molar-refractivity contribution >= 4 is 0 Å². The predicted molar refractivity (Wildman–Crippen MR) is 62.2 cm³/mol. The van der Waals surface area contributed by atoms with Gasteiger partial charge in [-0.2, -0.15) is 0 Å². The van der Waals surface area contributed by atoms with Crippen LogP contribution in [0.3, 0.4) is 0 Å². The normalized spacial score (nSPS) is 55.5. The van der Waals surface area contributed by atoms with E-state index >= 15 is 0 Å². The molecule has 6 atom stereocenters. The molecule has 3 aliphatic heterocycles. The van der Waals surface area contributed by atoms with Crippen LogP contribution < -0.4 is 10.6 Å². The Kier molecular flexibility index (Phi) is 2.27. The summed E-state index contributed by atoms with van der Waals surface area (Å²) in [6, 6.07) is 0.669. The Hall–Kier alpha value is -0.120. The van der Waals surface area contributed by atoms with E-state index in [-0.39, 0.29) is 0 Å². The van der Waals surface area contributed by atoms with Crippen LogP contribution in [0.25, 0.3) is 0 Å². The molecule has 3 nitrogen and oxygen atoms in total. The lowest BCUT2D eigenvalue weighted by atomic mass is 9.83. The summed E-state index contributed by atoms with van der Waals surface area (Å²) in [6.45, 7) is 4.62. The number of ether oxygens (including phenoxy) is 1. The Balaban J connectivity index is 1.53. The molecule has 4 aliphatic rings. The third kappa shape index (κ3) is 1.31. The second-order valence-electron chi connectivity index (χ2n) is 6.17. The van der Waals surface area contributed by atoms with Gasteiger partial charge in [0.25, 0.3) is 0 Å². The van der Waals surface area contributed by atoms with E-state index in [1.807, 2.05) is 0 Å². The molecule has 90 valence electrons. The zero-order valence-corrected chi connectivity index (χ0v) is 9.82. The third-order valence-corrected chi connectivity index (χ3v) is 5.47. The Morgan fingerprint density at radius 3 is 2.94 bits per heavy atom. The molecule has 0 amide bonds. The van der Waals surface area contributed by atoms with Crippen molar-refractivity contribution in [3.05, 3.63) is 0 Å². The first-order chi connectivity index (χ1) is 7.93. The maximum atomic E-state index is 6.11. The molecule has 16 heavy (non-hydrogen) atoms. The van der Waals surface area contributed by atoms with E-state index in [1.54, 1.807) is 0 Å². The highest BCUT2D eigenvalue weighted by atomic mass is 16.5. The monoisotopic (exact) mass is 222 g/mol. The van der Waals surface area contributed by atoms with Crippen LogP contribution in [0, 0.1) is 23.7 Å². The molecule has 6 unspecified atom stereocenters. The highest BCUT2D eigenvalue weighted by molar-refractivity contribution is 5.04. The van der Waals surface area contributed by atoms with Crippen LogP contribution >= 0.6 is 0 Å². The van der Waals surface area contributed by atoms with Crippen LogP contribution in [0.2, 0.25) is 0 Å². The van der Waals surface area contributed by atoms with Gasteiger partial charge in [-0.05, 0) is 31.2 Å². The fourth-order valence-electron chi connectivity index (χ4n) is 4.64. The van der Waals surface area contributed by atoms with E-state index in [9.17, 15) is 0 Å². The van der Waals surface area contributed by atoms with Crippen LogP contribution in [0.4, 0.5) is 0 Å². The van der Waals surface area contributed by atoms with Gasteiger partial charge in [0.1, 0.15) is 0 Å². The molecular weight excluding hydrogens is 200 g/mol. The zero-order valence-electron chi connectivity index (χ0n) is 9.82. The van der Waals surface area contributed by atoms with Crippen molar-refractivity contribution in [1.29, 1.82) is 0 Å². The molecular formula is C13H22N2O. The minimum atomic E-state index is 0.507. The summed E-state index contributed by atoms with van der Waals surface area (Å²) >= 11 is 0. The van der Waals surface area contributed by atoms with Gasteiger partial charge >= 0.3 is 0 Å². The summed E-state index contributed by atoms with van der Waals surface area (Å²) in [5.74, 6) is 3.47. The van der Waals surface area contributed by atoms with Crippen molar-refractivity contribution in [2.24, 2.45) is 23.7 Å². The number of hydrogen-bond donors (Lipinski definition) is 2. The van der Waals surface area contributed by atoms with E-state index in [1.165, 1.54) is 38.9 Å². The molecule has 0 aromatic rings. The van der Waals surface area contributed by atoms with Gasteiger partial charge in [0, 0.05) is 31.0 Å². The van der Waals surface area contributed by atoms with Gasteiger partial charge in [0.15, 0.2) is 0 Å². The number of fused-ring (bicyclic) bond motifs is 2. The molecule has 1 aliphatic carbocycles. The predicted octanol–water partition coefficient (Wildman–Crippen LogP) is 0.609. The molecule has 0 aromatic heterocycles. The Labute approximate surface area is 97.3 Å². The minimum Gasteiger partial charge on any atom is -0.376 e. The average Bonchev–Trinajstić information content (AvgIpc) is 2.97. The maximum Gasteiger partial charge on any atom is 0.0775 e. The van der Waals surface area contributed by atoms with Crippen LogP contribution in [-0.2, 0) is 4.74 Å². The van der Waals surface area contributed by atoms with Crippen LogP contribution in [0.1, 0.15) is 19.3 Å². The lowest BCUT2D eigenvalue weighted by molar-refractivity contribution is 0.0473. The first kappa shape index (κ1) is 9.86. The fraction of sp³-hybridized carbons (Fsp3) is 1.00. The number of rotatable bonds is 1. The van der Waals surface area contributed by atoms with Crippen molar-refractivity contribution in [2.45, 2.75) is 31.4 Å². The van der Waals surface area contributed by atoms with Gasteiger partial charge in [-0.3, -0.25) is 0 Å². The smallest absolute Gasteiger partial charge is 0.0775 e. The summed E-state index contributed by atoms with van der Waals surface area (Å²) in [4.78, 5) is 0. The van der Waals surface area contributed by atoms with Gasteiger partial charge in [0.05, 0.1) is 12.7 Å². The SMILES string of the molecule is C1CC2CNC(C3OCC4CNCC43)C2C1. The molecule has 3 heterocycles. The molecule has 0 radical (unpaired) electrons. The number of hydrogen-bond acceptors (Lipinski definition) is 3. The first-order valence-electron chi connectivity index (χ1n) is 6.99. The van der Waals surface area contributed by atoms with Gasteiger partial charge < -0.3 is 15.4 Å². The minimum absolute atomic E-state index is 0.507. The van der Waals surface area contributed by atoms with Crippen LogP contribution in [0.5, 0.6) is 0 Å². The van der Waals surface area contributed by atoms with Crippen LogP contribution in [0.15, 0.2) is 0 Å². The van der Waals surface area contributed by atoms with E-state index in [4.69, 9.17) is 4.74 Å². The molecule has 4 rings (SSSR count). The molecule has 0 spiro atoms. The second kappa shape index (κ2) is 3.69. The van der Waals surface area contributed by atoms with Crippen molar-refractivity contribution in [3.8, 4) is 0 Å². The summed E-state index contributed by atoms with van der Waals surface area (Å²) in [5, 5.41) is 7.29. The molecule has 0 aromatic carbocycles. The number of nitrogens with one attached hydrogen (secondary N) is 2. The largest absolute Gasteiger partial charge is 0.376 e. The fourth-order valence-corrected chi connectivity index (χ4v) is 4.64. The molecule has 1 saturated carbocycles. The third-order valence-electron chi connectivity index (χ3n) is 5.47. The average molecular weight is 222 g/mol. The quantitative estimate of drug-likeness (QED) is 0.682. The van der Waals surface area contributed by atoms with Crippen molar-refractivity contribution in [2.75, 3.05) is 26.2 Å². The van der Waals surface area contributed by atoms with Gasteiger partial charge in [-0.1, -0.05) is 6.42 Å². The molecule has 3 heteroatoms. The summed E-state index contributed by atoms with van der Waals surface area (Å²) < 4.78 is 6.11. The van der Waals surface area contributed by atoms with Crippen LogP contribution in [-0.4, -0.2) is 38.4 Å². The Bertz CT molecular complexity index is 255. The van der Waals surface area contributed by atoms with E-state index in [0.29, 0.717) is 12.1 Å². The van der Waals surface area contributed by atoms with Gasteiger partial charge in [-0.15, -0.1) is 0 Å². The van der Waals surface area contributed by atoms with Gasteiger partial charge in [0.2, 0.25) is 0 Å². The Morgan fingerprint density at radius 1 is 0.938 bits per heavy atom. The zero-order chi connectivity index (χ0) is 10.5. The van der Waals surface area contributed by atoms with Gasteiger partial charge in [-0.25, -0.2) is 0 Å². The first-order valence-corrected chi connectivity index (χ1v) is 6.99. The van der Waals surface area contributed by atoms with Crippen molar-refractivity contribution in [3.63, 3.8) is 0 Å². The highest BCUT2D eigenvalue weighted by Crippen LogP contribution is 2.43. The van der Waals surface area contributed by atoms with E-state index in [2.05, 4.69) is 10.6 Å². The highest BCUT2D eigenvalue weighted by Gasteiger charge is 2.50. The van der Waals surface area contributed by atoms with Crippen molar-refractivity contribution in [1.82, 2.24) is 10.6 Å². The lowest BCUT2D eigenvalue weighted by Gasteiger charge is -2.28. The molecule has 4 fully saturated rings. The van der Waals surface area contributed by atoms with Crippen molar-refractivity contribution < 1.29 is 4.74 Å². The lowest BCUT2D eigenvalue weighted by Crippen LogP contribution is -2.43. The summed E-state index contributed by atoms with van der Waals surface area (Å²) in [5.41, 5.74) is 0. The van der Waals surface area contributed by atoms with E-state index in [0.717, 1.165) is 30.3 Å². The van der Waals surface area contributed by atoms with E-state index < -0.39 is 0 Å². The summed E-state index contributed by atoms with van der Waals surface area (Å²) in [7, 11) is 0. The maximum absolute atomic E-state index is 6.11. The molecule has 3 saturated heterocycles. The summed E-state index contributed by atoms with van der Waals surface area (Å²) in [6.07, 6.45) is 4.85. The standard InChI is InChI=1S/C13H22N2O/c1-2-8-5-15-12(10(8)3-1)13-11-6-14-4-9(11)7-16-13/h8-15H,1-7H2. The molecule has 2 N–H and O–H groups in total. The Morgan fingerprint density at radius 2 is 1.94 bits per heavy atom.